The Morgan fingerprint density at radius 3 is 2.42 bits per heavy atom. The molecule has 0 aromatic heterocycles. The van der Waals surface area contributed by atoms with E-state index in [2.05, 4.69) is 5.32 Å². The Morgan fingerprint density at radius 1 is 1.12 bits per heavy atom. The number of hydrogen-bond donors (Lipinski definition) is 1. The van der Waals surface area contributed by atoms with Crippen LogP contribution in [-0.2, 0) is 16.1 Å². The van der Waals surface area contributed by atoms with Crippen LogP contribution in [0, 0.1) is 0 Å². The lowest BCUT2D eigenvalue weighted by atomic mass is 10.1. The van der Waals surface area contributed by atoms with Crippen molar-refractivity contribution in [1.29, 1.82) is 0 Å². The van der Waals surface area contributed by atoms with E-state index < -0.39 is 6.04 Å². The summed E-state index contributed by atoms with van der Waals surface area (Å²) < 4.78 is 5.52. The summed E-state index contributed by atoms with van der Waals surface area (Å²) in [6.45, 7) is 1.70. The highest BCUT2D eigenvalue weighted by molar-refractivity contribution is 6.42. The molecule has 2 amide bonds. The van der Waals surface area contributed by atoms with Crippen LogP contribution in [0.15, 0.2) is 48.5 Å². The molecule has 0 radical (unpaired) electrons. The van der Waals surface area contributed by atoms with E-state index in [1.54, 1.807) is 37.3 Å². The summed E-state index contributed by atoms with van der Waals surface area (Å²) in [4.78, 5) is 26.2. The van der Waals surface area contributed by atoms with Gasteiger partial charge in [-0.05, 0) is 36.8 Å². The summed E-state index contributed by atoms with van der Waals surface area (Å²) in [5, 5.41) is 3.38. The number of rotatable bonds is 7. The second kappa shape index (κ2) is 9.46. The Kier molecular flexibility index (Phi) is 7.30. The lowest BCUT2D eigenvalue weighted by molar-refractivity contribution is -0.142. The molecule has 0 bridgehead atoms. The van der Waals surface area contributed by atoms with E-state index in [-0.39, 0.29) is 25.0 Å². The predicted molar refractivity (Wildman–Crippen MR) is 102 cm³/mol. The van der Waals surface area contributed by atoms with Crippen molar-refractivity contribution in [3.63, 3.8) is 0 Å². The van der Waals surface area contributed by atoms with Crippen LogP contribution >= 0.6 is 23.2 Å². The van der Waals surface area contributed by atoms with Crippen LogP contribution in [0.2, 0.25) is 10.0 Å². The van der Waals surface area contributed by atoms with E-state index in [4.69, 9.17) is 27.9 Å². The van der Waals surface area contributed by atoms with Gasteiger partial charge >= 0.3 is 0 Å². The summed E-state index contributed by atoms with van der Waals surface area (Å²) in [5.74, 6) is 0.0112. The van der Waals surface area contributed by atoms with Crippen molar-refractivity contribution in [2.75, 3.05) is 13.7 Å². The van der Waals surface area contributed by atoms with E-state index in [1.165, 1.54) is 11.9 Å². The molecule has 0 aliphatic rings. The fourth-order valence-electron chi connectivity index (χ4n) is 2.37. The fraction of sp³-hybridized carbons (Fsp3) is 0.263. The highest BCUT2D eigenvalue weighted by Crippen LogP contribution is 2.23. The molecular formula is C19H20Cl2N2O3. The van der Waals surface area contributed by atoms with E-state index in [9.17, 15) is 9.59 Å². The first-order valence-electron chi connectivity index (χ1n) is 8.05. The Labute approximate surface area is 162 Å². The van der Waals surface area contributed by atoms with Crippen LogP contribution in [0.5, 0.6) is 5.75 Å². The van der Waals surface area contributed by atoms with Gasteiger partial charge in [0.25, 0.3) is 5.91 Å². The number of likely N-dealkylation sites (N-methyl/N-ethyl adjacent to an activating group) is 1. The third-order valence-corrected chi connectivity index (χ3v) is 4.60. The molecule has 0 saturated carbocycles. The second-order valence-corrected chi connectivity index (χ2v) is 6.48. The standard InChI is InChI=1S/C19H20Cl2N2O3/c1-13(19(25)22-2)23(11-14-8-9-16(20)17(21)10-14)18(24)12-26-15-6-4-3-5-7-15/h3-10,13H,11-12H2,1-2H3,(H,22,25)/t13-/m1/s1. The summed E-state index contributed by atoms with van der Waals surface area (Å²) in [5.41, 5.74) is 0.767. The molecule has 7 heteroatoms. The summed E-state index contributed by atoms with van der Waals surface area (Å²) in [6.07, 6.45) is 0. The summed E-state index contributed by atoms with van der Waals surface area (Å²) in [7, 11) is 1.53. The van der Waals surface area contributed by atoms with Crippen molar-refractivity contribution < 1.29 is 14.3 Å². The normalized spacial score (nSPS) is 11.5. The lowest BCUT2D eigenvalue weighted by Gasteiger charge is -2.28. The minimum absolute atomic E-state index is 0.174. The van der Waals surface area contributed by atoms with Crippen LogP contribution in [-0.4, -0.2) is 36.4 Å². The number of hydrogen-bond acceptors (Lipinski definition) is 3. The number of nitrogens with one attached hydrogen (secondary N) is 1. The highest BCUT2D eigenvalue weighted by Gasteiger charge is 2.26. The number of para-hydroxylation sites is 1. The predicted octanol–water partition coefficient (Wildman–Crippen LogP) is 3.54. The molecule has 0 saturated heterocycles. The zero-order chi connectivity index (χ0) is 19.1. The number of halogens is 2. The van der Waals surface area contributed by atoms with E-state index in [1.807, 2.05) is 18.2 Å². The van der Waals surface area contributed by atoms with Crippen molar-refractivity contribution in [2.45, 2.75) is 19.5 Å². The van der Waals surface area contributed by atoms with Gasteiger partial charge in [0, 0.05) is 13.6 Å². The SMILES string of the molecule is CNC(=O)[C@@H](C)N(Cc1ccc(Cl)c(Cl)c1)C(=O)COc1ccccc1. The fourth-order valence-corrected chi connectivity index (χ4v) is 2.69. The van der Waals surface area contributed by atoms with Crippen LogP contribution in [0.25, 0.3) is 0 Å². The van der Waals surface area contributed by atoms with Crippen molar-refractivity contribution in [2.24, 2.45) is 0 Å². The first-order valence-corrected chi connectivity index (χ1v) is 8.80. The third-order valence-electron chi connectivity index (χ3n) is 3.86. The molecule has 0 spiro atoms. The van der Waals surface area contributed by atoms with Crippen LogP contribution in [0.4, 0.5) is 0 Å². The molecule has 0 fully saturated rings. The first kappa shape index (κ1) is 20.1. The molecule has 0 aliphatic heterocycles. The molecule has 138 valence electrons. The van der Waals surface area contributed by atoms with Crippen molar-refractivity contribution in [1.82, 2.24) is 10.2 Å². The number of amides is 2. The monoisotopic (exact) mass is 394 g/mol. The van der Waals surface area contributed by atoms with Gasteiger partial charge in [-0.1, -0.05) is 47.5 Å². The zero-order valence-electron chi connectivity index (χ0n) is 14.5. The first-order chi connectivity index (χ1) is 12.4. The molecule has 5 nitrogen and oxygen atoms in total. The van der Waals surface area contributed by atoms with Gasteiger partial charge < -0.3 is 15.0 Å². The topological polar surface area (TPSA) is 58.6 Å². The molecule has 0 heterocycles. The molecule has 1 N–H and O–H groups in total. The molecule has 0 aliphatic carbocycles. The average molecular weight is 395 g/mol. The number of nitrogens with zero attached hydrogens (tertiary/aromatic N) is 1. The molecule has 2 aromatic carbocycles. The van der Waals surface area contributed by atoms with Gasteiger partial charge in [0.15, 0.2) is 6.61 Å². The molecule has 1 atom stereocenters. The van der Waals surface area contributed by atoms with Gasteiger partial charge in [-0.25, -0.2) is 0 Å². The van der Waals surface area contributed by atoms with Gasteiger partial charge in [0.2, 0.25) is 5.91 Å². The highest BCUT2D eigenvalue weighted by atomic mass is 35.5. The van der Waals surface area contributed by atoms with Gasteiger partial charge in [0.05, 0.1) is 10.0 Å². The Balaban J connectivity index is 2.15. The average Bonchev–Trinajstić information content (AvgIpc) is 2.66. The summed E-state index contributed by atoms with van der Waals surface area (Å²) in [6, 6.07) is 13.5. The minimum Gasteiger partial charge on any atom is -0.484 e. The van der Waals surface area contributed by atoms with Gasteiger partial charge in [-0.15, -0.1) is 0 Å². The molecule has 0 unspecified atom stereocenters. The van der Waals surface area contributed by atoms with E-state index >= 15 is 0 Å². The van der Waals surface area contributed by atoms with Gasteiger partial charge in [0.1, 0.15) is 11.8 Å². The smallest absolute Gasteiger partial charge is 0.261 e. The van der Waals surface area contributed by atoms with E-state index in [0.717, 1.165) is 5.56 Å². The number of carbonyl (C=O) groups is 2. The molecule has 2 rings (SSSR count). The van der Waals surface area contributed by atoms with Gasteiger partial charge in [-0.2, -0.15) is 0 Å². The maximum Gasteiger partial charge on any atom is 0.261 e. The Bertz CT molecular complexity index is 769. The largest absolute Gasteiger partial charge is 0.484 e. The maximum absolute atomic E-state index is 12.7. The number of carbonyl (C=O) groups excluding carboxylic acids is 2. The van der Waals surface area contributed by atoms with Crippen molar-refractivity contribution in [3.05, 3.63) is 64.1 Å². The van der Waals surface area contributed by atoms with Crippen LogP contribution < -0.4 is 10.1 Å². The minimum atomic E-state index is -0.665. The number of ether oxygens (including phenoxy) is 1. The van der Waals surface area contributed by atoms with E-state index in [0.29, 0.717) is 15.8 Å². The van der Waals surface area contributed by atoms with Crippen molar-refractivity contribution in [3.8, 4) is 5.75 Å². The van der Waals surface area contributed by atoms with Crippen molar-refractivity contribution >= 4 is 35.0 Å². The second-order valence-electron chi connectivity index (χ2n) is 5.66. The lowest BCUT2D eigenvalue weighted by Crippen LogP contribution is -2.48. The molecule has 2 aromatic rings. The van der Waals surface area contributed by atoms with Crippen LogP contribution in [0.3, 0.4) is 0 Å². The zero-order valence-corrected chi connectivity index (χ0v) is 16.1. The Hall–Kier alpha value is -2.24. The summed E-state index contributed by atoms with van der Waals surface area (Å²) >= 11 is 12.0. The quantitative estimate of drug-likeness (QED) is 0.780. The Morgan fingerprint density at radius 2 is 1.81 bits per heavy atom. The maximum atomic E-state index is 12.7. The molecule has 26 heavy (non-hydrogen) atoms. The molecular weight excluding hydrogens is 375 g/mol. The van der Waals surface area contributed by atoms with Gasteiger partial charge in [-0.3, -0.25) is 9.59 Å². The van der Waals surface area contributed by atoms with Crippen LogP contribution in [0.1, 0.15) is 12.5 Å². The number of benzene rings is 2. The third kappa shape index (κ3) is 5.38.